The molecular weight excluding hydrogens is 367 g/mol. The number of nitrogens with one attached hydrogen (secondary N) is 2. The van der Waals surface area contributed by atoms with Crippen molar-refractivity contribution in [1.82, 2.24) is 14.9 Å². The van der Waals surface area contributed by atoms with Gasteiger partial charge in [-0.25, -0.2) is 4.79 Å². The van der Waals surface area contributed by atoms with Crippen molar-refractivity contribution < 1.29 is 22.7 Å². The number of nitrogens with zero attached hydrogens (tertiary/aromatic N) is 1. The van der Waals surface area contributed by atoms with Crippen LogP contribution in [-0.4, -0.2) is 21.8 Å². The maximum absolute atomic E-state index is 12.4. The summed E-state index contributed by atoms with van der Waals surface area (Å²) in [6, 6.07) is 6.33. The van der Waals surface area contributed by atoms with Crippen LogP contribution in [0.5, 0.6) is 5.75 Å². The summed E-state index contributed by atoms with van der Waals surface area (Å²) < 4.78 is 42.2. The van der Waals surface area contributed by atoms with Gasteiger partial charge in [0.25, 0.3) is 11.5 Å². The van der Waals surface area contributed by atoms with Gasteiger partial charge in [-0.3, -0.25) is 14.2 Å². The van der Waals surface area contributed by atoms with Crippen molar-refractivity contribution in [3.05, 3.63) is 62.4 Å². The summed E-state index contributed by atoms with van der Waals surface area (Å²) in [6.45, 7) is 0.0243. The summed E-state index contributed by atoms with van der Waals surface area (Å²) in [6.07, 6.45) is -2.96. The second-order valence-electron chi connectivity index (χ2n) is 6.22. The van der Waals surface area contributed by atoms with E-state index in [0.717, 1.165) is 29.5 Å². The quantitative estimate of drug-likeness (QED) is 0.795. The maximum atomic E-state index is 12.4. The smallest absolute Gasteiger partial charge is 0.405 e. The number of hydrogen-bond donors (Lipinski definition) is 2. The Bertz CT molecular complexity index is 930. The molecule has 2 aromatic rings. The molecule has 0 radical (unpaired) electrons. The van der Waals surface area contributed by atoms with Crippen LogP contribution in [0.4, 0.5) is 13.2 Å². The first-order chi connectivity index (χ1) is 12.7. The van der Waals surface area contributed by atoms with Gasteiger partial charge >= 0.3 is 12.1 Å². The average Bonchev–Trinajstić information content (AvgIpc) is 3.39. The van der Waals surface area contributed by atoms with E-state index >= 15 is 0 Å². The first-order valence-electron chi connectivity index (χ1n) is 8.19. The Morgan fingerprint density at radius 3 is 2.59 bits per heavy atom. The number of H-pyrrole nitrogens is 1. The molecule has 1 aromatic carbocycles. The van der Waals surface area contributed by atoms with Crippen LogP contribution in [0, 0.1) is 5.92 Å². The molecule has 0 spiro atoms. The number of hydrogen-bond acceptors (Lipinski definition) is 4. The molecule has 1 heterocycles. The molecular formula is C17H16F3N3O4. The molecule has 1 saturated carbocycles. The van der Waals surface area contributed by atoms with E-state index in [-0.39, 0.29) is 17.8 Å². The van der Waals surface area contributed by atoms with Gasteiger partial charge in [-0.2, -0.15) is 0 Å². The van der Waals surface area contributed by atoms with Crippen LogP contribution in [-0.2, 0) is 13.1 Å². The molecule has 27 heavy (non-hydrogen) atoms. The van der Waals surface area contributed by atoms with Crippen molar-refractivity contribution in [2.45, 2.75) is 32.3 Å². The molecule has 3 rings (SSSR count). The van der Waals surface area contributed by atoms with Gasteiger partial charge in [0.1, 0.15) is 11.4 Å². The predicted octanol–water partition coefficient (Wildman–Crippen LogP) is 1.78. The SMILES string of the molecule is O=C(NCc1ccccc1OC(F)(F)F)c1cc(=O)n(CC2CC2)c(=O)[nH]1. The number of alkyl halides is 3. The van der Waals surface area contributed by atoms with Crippen LogP contribution in [0.2, 0.25) is 0 Å². The highest BCUT2D eigenvalue weighted by molar-refractivity contribution is 5.92. The van der Waals surface area contributed by atoms with Gasteiger partial charge in [-0.05, 0) is 24.8 Å². The maximum Gasteiger partial charge on any atom is 0.573 e. The number of ether oxygens (including phenoxy) is 1. The summed E-state index contributed by atoms with van der Waals surface area (Å²) in [7, 11) is 0. The first kappa shape index (κ1) is 18.7. The van der Waals surface area contributed by atoms with Crippen LogP contribution >= 0.6 is 0 Å². The molecule has 1 amide bonds. The van der Waals surface area contributed by atoms with Gasteiger partial charge in [0.15, 0.2) is 0 Å². The zero-order valence-corrected chi connectivity index (χ0v) is 14.0. The van der Waals surface area contributed by atoms with E-state index in [9.17, 15) is 27.6 Å². The number of benzene rings is 1. The molecule has 0 unspecified atom stereocenters. The second-order valence-corrected chi connectivity index (χ2v) is 6.22. The third-order valence-electron chi connectivity index (χ3n) is 4.04. The lowest BCUT2D eigenvalue weighted by Crippen LogP contribution is -2.38. The lowest BCUT2D eigenvalue weighted by atomic mass is 10.2. The van der Waals surface area contributed by atoms with E-state index in [4.69, 9.17) is 0 Å². The summed E-state index contributed by atoms with van der Waals surface area (Å²) in [4.78, 5) is 38.5. The van der Waals surface area contributed by atoms with Crippen LogP contribution < -0.4 is 21.3 Å². The number of carbonyl (C=O) groups is 1. The van der Waals surface area contributed by atoms with Crippen LogP contribution in [0.3, 0.4) is 0 Å². The van der Waals surface area contributed by atoms with Crippen LogP contribution in [0.25, 0.3) is 0 Å². The fourth-order valence-electron chi connectivity index (χ4n) is 2.52. The predicted molar refractivity (Wildman–Crippen MR) is 88.3 cm³/mol. The molecule has 0 saturated heterocycles. The number of carbonyl (C=O) groups excluding carboxylic acids is 1. The van der Waals surface area contributed by atoms with Crippen molar-refractivity contribution >= 4 is 5.91 Å². The molecule has 0 bridgehead atoms. The molecule has 144 valence electrons. The fourth-order valence-corrected chi connectivity index (χ4v) is 2.52. The summed E-state index contributed by atoms with van der Waals surface area (Å²) in [5, 5.41) is 2.36. The highest BCUT2D eigenvalue weighted by atomic mass is 19.4. The largest absolute Gasteiger partial charge is 0.573 e. The zero-order valence-electron chi connectivity index (χ0n) is 14.0. The minimum Gasteiger partial charge on any atom is -0.405 e. The van der Waals surface area contributed by atoms with E-state index in [0.29, 0.717) is 12.5 Å². The average molecular weight is 383 g/mol. The molecule has 7 nitrogen and oxygen atoms in total. The molecule has 2 N–H and O–H groups in total. The minimum absolute atomic E-state index is 0.0904. The van der Waals surface area contributed by atoms with Crippen molar-refractivity contribution in [3.63, 3.8) is 0 Å². The van der Waals surface area contributed by atoms with Gasteiger partial charge in [-0.1, -0.05) is 18.2 Å². The fraction of sp³-hybridized carbons (Fsp3) is 0.353. The Hall–Kier alpha value is -3.04. The van der Waals surface area contributed by atoms with E-state index in [1.807, 2.05) is 0 Å². The number of aromatic amines is 1. The number of para-hydroxylation sites is 1. The number of amides is 1. The Morgan fingerprint density at radius 1 is 1.26 bits per heavy atom. The first-order valence-corrected chi connectivity index (χ1v) is 8.19. The highest BCUT2D eigenvalue weighted by Gasteiger charge is 2.32. The van der Waals surface area contributed by atoms with E-state index in [1.165, 1.54) is 18.2 Å². The lowest BCUT2D eigenvalue weighted by Gasteiger charge is -2.13. The van der Waals surface area contributed by atoms with E-state index in [2.05, 4.69) is 15.0 Å². The number of halogens is 3. The Kier molecular flexibility index (Phi) is 5.06. The molecule has 1 aliphatic carbocycles. The lowest BCUT2D eigenvalue weighted by molar-refractivity contribution is -0.274. The number of rotatable bonds is 6. The Balaban J connectivity index is 1.71. The molecule has 1 aliphatic rings. The van der Waals surface area contributed by atoms with Crippen molar-refractivity contribution in [2.24, 2.45) is 5.92 Å². The van der Waals surface area contributed by atoms with Gasteiger partial charge in [0.2, 0.25) is 0 Å². The summed E-state index contributed by atoms with van der Waals surface area (Å²) >= 11 is 0. The summed E-state index contributed by atoms with van der Waals surface area (Å²) in [5.41, 5.74) is -1.46. The van der Waals surface area contributed by atoms with E-state index < -0.39 is 29.3 Å². The standard InChI is InChI=1S/C17H16F3N3O4/c18-17(19,20)27-13-4-2-1-3-11(13)8-21-15(25)12-7-14(24)23(16(26)22-12)9-10-5-6-10/h1-4,7,10H,5-6,8-9H2,(H,21,25)(H,22,26). The van der Waals surface area contributed by atoms with Crippen molar-refractivity contribution in [1.29, 1.82) is 0 Å². The molecule has 1 fully saturated rings. The zero-order chi connectivity index (χ0) is 19.6. The van der Waals surface area contributed by atoms with Gasteiger partial charge < -0.3 is 15.0 Å². The third kappa shape index (κ3) is 4.99. The molecule has 0 aliphatic heterocycles. The van der Waals surface area contributed by atoms with Crippen LogP contribution in [0.15, 0.2) is 39.9 Å². The second kappa shape index (κ2) is 7.29. The van der Waals surface area contributed by atoms with Gasteiger partial charge in [0.05, 0.1) is 0 Å². The Morgan fingerprint density at radius 2 is 1.96 bits per heavy atom. The molecule has 1 aromatic heterocycles. The normalized spacial score (nSPS) is 14.0. The van der Waals surface area contributed by atoms with Crippen LogP contribution in [0.1, 0.15) is 28.9 Å². The van der Waals surface area contributed by atoms with Gasteiger partial charge in [-0.15, -0.1) is 13.2 Å². The monoisotopic (exact) mass is 383 g/mol. The van der Waals surface area contributed by atoms with Gasteiger partial charge in [0, 0.05) is 24.7 Å². The summed E-state index contributed by atoms with van der Waals surface area (Å²) in [5.74, 6) is -0.933. The third-order valence-corrected chi connectivity index (χ3v) is 4.04. The Labute approximate surface area is 150 Å². The minimum atomic E-state index is -4.86. The van der Waals surface area contributed by atoms with Crippen molar-refractivity contribution in [2.75, 3.05) is 0 Å². The topological polar surface area (TPSA) is 93.2 Å². The molecule has 10 heteroatoms. The van der Waals surface area contributed by atoms with E-state index in [1.54, 1.807) is 0 Å². The molecule has 0 atom stereocenters. The highest BCUT2D eigenvalue weighted by Crippen LogP contribution is 2.29. The number of aromatic nitrogens is 2. The van der Waals surface area contributed by atoms with Crippen molar-refractivity contribution in [3.8, 4) is 5.75 Å².